The Labute approximate surface area is 217 Å². The lowest BCUT2D eigenvalue weighted by Gasteiger charge is -2.33. The van der Waals surface area contributed by atoms with Crippen molar-refractivity contribution in [1.82, 2.24) is 34.6 Å². The van der Waals surface area contributed by atoms with Gasteiger partial charge in [0.25, 0.3) is 0 Å². The van der Waals surface area contributed by atoms with E-state index in [9.17, 15) is 34.8 Å². The third kappa shape index (κ3) is 12.9. The number of carboxylic acid groups (broad SMARTS) is 3. The van der Waals surface area contributed by atoms with Crippen molar-refractivity contribution in [3.8, 4) is 0 Å². The Bertz CT molecular complexity index is 821. The predicted molar refractivity (Wildman–Crippen MR) is 133 cm³/mol. The smallest absolute Gasteiger partial charge is 0.317 e. The summed E-state index contributed by atoms with van der Waals surface area (Å²) < 4.78 is 1.62. The van der Waals surface area contributed by atoms with Gasteiger partial charge in [-0.15, -0.1) is 5.10 Å². The van der Waals surface area contributed by atoms with Crippen LogP contribution in [0.5, 0.6) is 0 Å². The second kappa shape index (κ2) is 16.2. The standard InChI is InChI=1S/C23H41N7O7/c1-2-3-4-19-13-30(25-24-19)15-20(31)14-26-5-7-27(16-21(32)33)9-11-29(18-23(36)37)12-10-28(8-6-26)17-22(34)35/h13,20,31H,2-12,14-18H2,1H3,(H,32,33)(H,34,35)(H,36,37). The van der Waals surface area contributed by atoms with Crippen molar-refractivity contribution in [2.24, 2.45) is 0 Å². The maximum atomic E-state index is 11.4. The second-order valence-electron chi connectivity index (χ2n) is 9.50. The molecule has 14 nitrogen and oxygen atoms in total. The number of nitrogens with zero attached hydrogens (tertiary/aromatic N) is 7. The molecule has 14 heteroatoms. The van der Waals surface area contributed by atoms with E-state index in [-0.39, 0.29) is 26.2 Å². The summed E-state index contributed by atoms with van der Waals surface area (Å²) >= 11 is 0. The summed E-state index contributed by atoms with van der Waals surface area (Å²) in [4.78, 5) is 41.3. The molecular weight excluding hydrogens is 486 g/mol. The van der Waals surface area contributed by atoms with Gasteiger partial charge in [0.15, 0.2) is 0 Å². The minimum absolute atomic E-state index is 0.179. The average Bonchev–Trinajstić information content (AvgIpc) is 3.25. The molecule has 1 aliphatic rings. The largest absolute Gasteiger partial charge is 0.480 e. The highest BCUT2D eigenvalue weighted by molar-refractivity contribution is 5.69. The van der Waals surface area contributed by atoms with Gasteiger partial charge in [-0.2, -0.15) is 0 Å². The van der Waals surface area contributed by atoms with Crippen LogP contribution >= 0.6 is 0 Å². The summed E-state index contributed by atoms with van der Waals surface area (Å²) in [5.74, 6) is -2.94. The quantitative estimate of drug-likeness (QED) is 0.232. The Morgan fingerprint density at radius 3 is 1.62 bits per heavy atom. The number of β-amino-alcohol motifs (C(OH)–C–C–N with tert-alkyl or cyclic N) is 1. The molecule has 2 rings (SSSR count). The van der Waals surface area contributed by atoms with Gasteiger partial charge in [0, 0.05) is 65.1 Å². The Morgan fingerprint density at radius 2 is 1.22 bits per heavy atom. The number of aliphatic hydroxyl groups is 1. The summed E-state index contributed by atoms with van der Waals surface area (Å²) in [5, 5.41) is 46.9. The number of carbonyl (C=O) groups is 3. The van der Waals surface area contributed by atoms with E-state index < -0.39 is 24.0 Å². The maximum Gasteiger partial charge on any atom is 0.317 e. The molecule has 0 bridgehead atoms. The molecule has 1 saturated heterocycles. The van der Waals surface area contributed by atoms with Crippen LogP contribution in [0.1, 0.15) is 25.5 Å². The fourth-order valence-corrected chi connectivity index (χ4v) is 4.28. The molecule has 1 aromatic heterocycles. The number of aliphatic hydroxyl groups excluding tert-OH is 1. The van der Waals surface area contributed by atoms with Crippen LogP contribution in [-0.4, -0.2) is 158 Å². The molecule has 1 fully saturated rings. The fraction of sp³-hybridized carbons (Fsp3) is 0.783. The van der Waals surface area contributed by atoms with Gasteiger partial charge in [-0.3, -0.25) is 34.0 Å². The zero-order valence-electron chi connectivity index (χ0n) is 21.6. The molecule has 210 valence electrons. The molecule has 1 unspecified atom stereocenters. The highest BCUT2D eigenvalue weighted by Gasteiger charge is 2.21. The van der Waals surface area contributed by atoms with E-state index in [4.69, 9.17) is 0 Å². The molecule has 0 aromatic carbocycles. The number of hydrogen-bond acceptors (Lipinski definition) is 10. The number of carboxylic acids is 3. The van der Waals surface area contributed by atoms with Crippen LogP contribution in [-0.2, 0) is 27.3 Å². The molecule has 2 heterocycles. The number of aryl methyl sites for hydroxylation is 1. The fourth-order valence-electron chi connectivity index (χ4n) is 4.28. The average molecular weight is 528 g/mol. The predicted octanol–water partition coefficient (Wildman–Crippen LogP) is -1.54. The molecule has 0 amide bonds. The third-order valence-electron chi connectivity index (χ3n) is 6.25. The van der Waals surface area contributed by atoms with E-state index in [1.807, 2.05) is 11.1 Å². The van der Waals surface area contributed by atoms with Crippen molar-refractivity contribution in [3.05, 3.63) is 11.9 Å². The summed E-state index contributed by atoms with van der Waals surface area (Å²) in [6.07, 6.45) is 3.99. The van der Waals surface area contributed by atoms with Crippen LogP contribution in [0.4, 0.5) is 0 Å². The van der Waals surface area contributed by atoms with Gasteiger partial charge in [0.1, 0.15) is 0 Å². The van der Waals surface area contributed by atoms with Crippen LogP contribution < -0.4 is 0 Å². The Kier molecular flexibility index (Phi) is 13.4. The lowest BCUT2D eigenvalue weighted by molar-refractivity contribution is -0.140. The van der Waals surface area contributed by atoms with Gasteiger partial charge in [0.05, 0.1) is 38.0 Å². The minimum atomic E-state index is -0.994. The lowest BCUT2D eigenvalue weighted by atomic mass is 10.2. The highest BCUT2D eigenvalue weighted by Crippen LogP contribution is 2.05. The third-order valence-corrected chi connectivity index (χ3v) is 6.25. The SMILES string of the molecule is CCCCc1cn(CC(O)CN2CCN(CC(=O)O)CCN(CC(=O)O)CCN(CC(=O)O)CC2)nn1. The number of unbranched alkanes of at least 4 members (excludes halogenated alkanes) is 1. The Morgan fingerprint density at radius 1 is 0.784 bits per heavy atom. The van der Waals surface area contributed by atoms with Crippen molar-refractivity contribution in [3.63, 3.8) is 0 Å². The van der Waals surface area contributed by atoms with Crippen LogP contribution in [0.3, 0.4) is 0 Å². The normalized spacial score (nSPS) is 18.6. The number of aromatic nitrogens is 3. The molecule has 1 aromatic rings. The first-order chi connectivity index (χ1) is 17.6. The molecule has 0 radical (unpaired) electrons. The summed E-state index contributed by atoms with van der Waals surface area (Å²) in [7, 11) is 0. The Balaban J connectivity index is 2.07. The first-order valence-corrected chi connectivity index (χ1v) is 12.8. The van der Waals surface area contributed by atoms with Crippen LogP contribution in [0.2, 0.25) is 0 Å². The maximum absolute atomic E-state index is 11.4. The first-order valence-electron chi connectivity index (χ1n) is 12.8. The van der Waals surface area contributed by atoms with E-state index in [1.165, 1.54) is 0 Å². The van der Waals surface area contributed by atoms with Gasteiger partial charge in [-0.1, -0.05) is 18.6 Å². The minimum Gasteiger partial charge on any atom is -0.480 e. The second-order valence-corrected chi connectivity index (χ2v) is 9.50. The van der Waals surface area contributed by atoms with Crippen molar-refractivity contribution in [2.75, 3.05) is 78.5 Å². The summed E-state index contributed by atoms with van der Waals surface area (Å²) in [5.41, 5.74) is 0.880. The molecule has 4 N–H and O–H groups in total. The zero-order chi connectivity index (χ0) is 27.2. The van der Waals surface area contributed by atoms with E-state index in [1.54, 1.807) is 19.4 Å². The highest BCUT2D eigenvalue weighted by atomic mass is 16.4. The zero-order valence-corrected chi connectivity index (χ0v) is 21.6. The summed E-state index contributed by atoms with van der Waals surface area (Å²) in [6, 6.07) is 0. The van der Waals surface area contributed by atoms with Crippen LogP contribution in [0.15, 0.2) is 6.20 Å². The number of rotatable bonds is 13. The topological polar surface area (TPSA) is 176 Å². The Hall–Kier alpha value is -2.65. The van der Waals surface area contributed by atoms with Crippen molar-refractivity contribution in [2.45, 2.75) is 38.8 Å². The number of aliphatic carboxylic acids is 3. The van der Waals surface area contributed by atoms with Gasteiger partial charge in [0.2, 0.25) is 0 Å². The molecule has 0 saturated carbocycles. The lowest BCUT2D eigenvalue weighted by Crippen LogP contribution is -2.49. The van der Waals surface area contributed by atoms with Gasteiger partial charge in [-0.05, 0) is 12.8 Å². The van der Waals surface area contributed by atoms with Crippen molar-refractivity contribution >= 4 is 17.9 Å². The molecule has 1 aliphatic heterocycles. The molecule has 37 heavy (non-hydrogen) atoms. The van der Waals surface area contributed by atoms with E-state index in [0.29, 0.717) is 58.9 Å². The molecule has 0 aliphatic carbocycles. The van der Waals surface area contributed by atoms with Crippen LogP contribution in [0.25, 0.3) is 0 Å². The monoisotopic (exact) mass is 527 g/mol. The number of hydrogen-bond donors (Lipinski definition) is 4. The van der Waals surface area contributed by atoms with Gasteiger partial charge >= 0.3 is 17.9 Å². The van der Waals surface area contributed by atoms with E-state index in [2.05, 4.69) is 17.2 Å². The van der Waals surface area contributed by atoms with Crippen molar-refractivity contribution < 1.29 is 34.8 Å². The van der Waals surface area contributed by atoms with Crippen LogP contribution in [0, 0.1) is 0 Å². The summed E-state index contributed by atoms with van der Waals surface area (Å²) in [6.45, 7) is 5.24. The molecule has 0 spiro atoms. The van der Waals surface area contributed by atoms with Gasteiger partial charge in [-0.25, -0.2) is 4.68 Å². The molecular formula is C23H41N7O7. The van der Waals surface area contributed by atoms with Gasteiger partial charge < -0.3 is 20.4 Å². The van der Waals surface area contributed by atoms with E-state index in [0.717, 1.165) is 25.0 Å². The van der Waals surface area contributed by atoms with E-state index >= 15 is 0 Å². The first kappa shape index (κ1) is 30.6. The van der Waals surface area contributed by atoms with Crippen molar-refractivity contribution in [1.29, 1.82) is 0 Å². The molecule has 1 atom stereocenters.